The Morgan fingerprint density at radius 3 is 2.86 bits per heavy atom. The molecule has 1 aliphatic heterocycles. The second kappa shape index (κ2) is 5.26. The van der Waals surface area contributed by atoms with Crippen LogP contribution in [0.3, 0.4) is 0 Å². The zero-order valence-electron chi connectivity index (χ0n) is 13.6. The van der Waals surface area contributed by atoms with E-state index in [0.717, 1.165) is 29.9 Å². The lowest BCUT2D eigenvalue weighted by molar-refractivity contribution is -0.131. The van der Waals surface area contributed by atoms with Crippen LogP contribution in [0, 0.1) is 5.92 Å². The third kappa shape index (κ3) is 2.65. The molecule has 22 heavy (non-hydrogen) atoms. The van der Waals surface area contributed by atoms with E-state index in [4.69, 9.17) is 0 Å². The van der Waals surface area contributed by atoms with Crippen molar-refractivity contribution in [1.82, 2.24) is 19.9 Å². The fraction of sp³-hybridized carbons (Fsp3) is 0.562. The van der Waals surface area contributed by atoms with Crippen molar-refractivity contribution in [1.29, 1.82) is 0 Å². The van der Waals surface area contributed by atoms with Crippen molar-refractivity contribution in [2.75, 3.05) is 25.0 Å². The molecule has 0 spiro atoms. The van der Waals surface area contributed by atoms with E-state index in [2.05, 4.69) is 40.6 Å². The molecule has 1 unspecified atom stereocenters. The molecule has 6 nitrogen and oxygen atoms in total. The second-order valence-corrected chi connectivity index (χ2v) is 7.06. The Morgan fingerprint density at radius 2 is 2.18 bits per heavy atom. The topological polar surface area (TPSA) is 65.1 Å². The zero-order valence-corrected chi connectivity index (χ0v) is 13.6. The monoisotopic (exact) mass is 301 g/mol. The predicted octanol–water partition coefficient (Wildman–Crippen LogP) is 2.04. The molecule has 0 radical (unpaired) electrons. The van der Waals surface area contributed by atoms with Gasteiger partial charge in [0.05, 0.1) is 5.39 Å². The van der Waals surface area contributed by atoms with Gasteiger partial charge in [0, 0.05) is 44.2 Å². The van der Waals surface area contributed by atoms with E-state index < -0.39 is 0 Å². The smallest absolute Gasteiger partial charge is 0.223 e. The summed E-state index contributed by atoms with van der Waals surface area (Å²) in [6.07, 6.45) is 4.06. The summed E-state index contributed by atoms with van der Waals surface area (Å²) < 4.78 is 0. The van der Waals surface area contributed by atoms with Gasteiger partial charge in [-0.05, 0) is 26.8 Å². The lowest BCUT2D eigenvalue weighted by Crippen LogP contribution is -2.42. The third-order valence-electron chi connectivity index (χ3n) is 4.24. The predicted molar refractivity (Wildman–Crippen MR) is 86.7 cm³/mol. The number of nitrogens with one attached hydrogen (secondary N) is 1. The molecule has 118 valence electrons. The van der Waals surface area contributed by atoms with E-state index >= 15 is 0 Å². The number of hydrogen-bond acceptors (Lipinski definition) is 4. The van der Waals surface area contributed by atoms with Crippen LogP contribution in [0.25, 0.3) is 11.0 Å². The van der Waals surface area contributed by atoms with Gasteiger partial charge in [0.2, 0.25) is 5.91 Å². The molecule has 3 heterocycles. The first-order valence-corrected chi connectivity index (χ1v) is 7.66. The van der Waals surface area contributed by atoms with Gasteiger partial charge >= 0.3 is 0 Å². The molecular formula is C16H23N5O. The maximum absolute atomic E-state index is 12.2. The molecule has 0 aromatic carbocycles. The van der Waals surface area contributed by atoms with Gasteiger partial charge in [-0.3, -0.25) is 4.79 Å². The maximum atomic E-state index is 12.2. The lowest BCUT2D eigenvalue weighted by atomic mass is 10.1. The van der Waals surface area contributed by atoms with E-state index in [9.17, 15) is 4.79 Å². The number of amides is 1. The molecule has 1 fully saturated rings. The average Bonchev–Trinajstić information content (AvgIpc) is 3.03. The van der Waals surface area contributed by atoms with Crippen LogP contribution in [0.15, 0.2) is 18.6 Å². The van der Waals surface area contributed by atoms with Crippen LogP contribution in [-0.2, 0) is 4.79 Å². The van der Waals surface area contributed by atoms with E-state index in [1.807, 2.05) is 24.2 Å². The van der Waals surface area contributed by atoms with Crippen LogP contribution in [0.4, 0.5) is 5.82 Å². The number of nitrogens with zero attached hydrogens (tertiary/aromatic N) is 4. The average molecular weight is 301 g/mol. The molecular weight excluding hydrogens is 278 g/mol. The van der Waals surface area contributed by atoms with Gasteiger partial charge in [0.1, 0.15) is 17.8 Å². The number of aromatic amines is 1. The summed E-state index contributed by atoms with van der Waals surface area (Å²) >= 11 is 0. The number of fused-ring (bicyclic) bond motifs is 1. The summed E-state index contributed by atoms with van der Waals surface area (Å²) in [7, 11) is 2.03. The van der Waals surface area contributed by atoms with Gasteiger partial charge in [-0.15, -0.1) is 0 Å². The molecule has 1 saturated heterocycles. The number of carbonyl (C=O) groups excluding carboxylic acids is 1. The van der Waals surface area contributed by atoms with Crippen LogP contribution in [0.2, 0.25) is 0 Å². The van der Waals surface area contributed by atoms with Crippen molar-refractivity contribution >= 4 is 22.8 Å². The van der Waals surface area contributed by atoms with E-state index in [1.54, 1.807) is 6.33 Å². The van der Waals surface area contributed by atoms with Crippen LogP contribution >= 0.6 is 0 Å². The van der Waals surface area contributed by atoms with E-state index in [-0.39, 0.29) is 11.4 Å². The minimum atomic E-state index is -0.104. The number of carbonyl (C=O) groups is 1. The van der Waals surface area contributed by atoms with Crippen LogP contribution in [0.1, 0.15) is 27.2 Å². The molecule has 0 aliphatic carbocycles. The maximum Gasteiger partial charge on any atom is 0.223 e. The Hall–Kier alpha value is -2.11. The van der Waals surface area contributed by atoms with Gasteiger partial charge in [0.25, 0.3) is 0 Å². The van der Waals surface area contributed by atoms with Gasteiger partial charge in [-0.2, -0.15) is 0 Å². The molecule has 0 bridgehead atoms. The van der Waals surface area contributed by atoms with Gasteiger partial charge in [-0.25, -0.2) is 9.97 Å². The highest BCUT2D eigenvalue weighted by Crippen LogP contribution is 2.28. The van der Waals surface area contributed by atoms with Crippen molar-refractivity contribution in [3.8, 4) is 0 Å². The minimum Gasteiger partial charge on any atom is -0.359 e. The second-order valence-electron chi connectivity index (χ2n) is 7.06. The number of anilines is 1. The molecule has 3 rings (SSSR count). The molecule has 6 heteroatoms. The van der Waals surface area contributed by atoms with Crippen molar-refractivity contribution in [3.05, 3.63) is 18.6 Å². The van der Waals surface area contributed by atoms with Crippen LogP contribution in [-0.4, -0.2) is 51.4 Å². The van der Waals surface area contributed by atoms with Crippen LogP contribution < -0.4 is 4.90 Å². The summed E-state index contributed by atoms with van der Waals surface area (Å²) in [6, 6.07) is 1.99. The summed E-state index contributed by atoms with van der Waals surface area (Å²) in [5.41, 5.74) is 0.739. The Balaban J connectivity index is 1.74. The number of hydrogen-bond donors (Lipinski definition) is 1. The minimum absolute atomic E-state index is 0.104. The number of H-pyrrole nitrogens is 1. The first kappa shape index (κ1) is 14.8. The van der Waals surface area contributed by atoms with E-state index in [0.29, 0.717) is 12.3 Å². The third-order valence-corrected chi connectivity index (χ3v) is 4.24. The Labute approximate surface area is 130 Å². The molecule has 2 aromatic rings. The lowest BCUT2D eigenvalue weighted by Gasteiger charge is -2.32. The summed E-state index contributed by atoms with van der Waals surface area (Å²) in [5, 5.41) is 1.02. The largest absolute Gasteiger partial charge is 0.359 e. The molecule has 0 saturated carbocycles. The number of likely N-dealkylation sites (tertiary alicyclic amines) is 1. The highest BCUT2D eigenvalue weighted by Gasteiger charge is 2.36. The number of aromatic nitrogens is 3. The Morgan fingerprint density at radius 1 is 1.41 bits per heavy atom. The first-order valence-electron chi connectivity index (χ1n) is 7.66. The first-order chi connectivity index (χ1) is 10.4. The summed E-state index contributed by atoms with van der Waals surface area (Å²) in [6.45, 7) is 7.89. The summed E-state index contributed by atoms with van der Waals surface area (Å²) in [4.78, 5) is 28.0. The number of rotatable bonds is 3. The molecule has 2 aromatic heterocycles. The standard InChI is InChI=1S/C16H23N5O/c1-16(2,3)21-9-11(7-13(21)22)8-20(4)15-12-5-6-17-14(12)18-10-19-15/h5-6,10-11H,7-9H2,1-4H3,(H,17,18,19). The van der Waals surface area contributed by atoms with Crippen molar-refractivity contribution in [2.24, 2.45) is 5.92 Å². The molecule has 1 amide bonds. The zero-order chi connectivity index (χ0) is 15.9. The Bertz CT molecular complexity index is 687. The highest BCUT2D eigenvalue weighted by molar-refractivity contribution is 5.87. The highest BCUT2D eigenvalue weighted by atomic mass is 16.2. The van der Waals surface area contributed by atoms with Crippen molar-refractivity contribution in [2.45, 2.75) is 32.7 Å². The molecule has 1 aliphatic rings. The summed E-state index contributed by atoms with van der Waals surface area (Å²) in [5.74, 6) is 1.49. The SMILES string of the molecule is CN(CC1CC(=O)N(C(C)(C)C)C1)c1ncnc2[nH]ccc12. The quantitative estimate of drug-likeness (QED) is 0.942. The normalized spacial score (nSPS) is 19.2. The van der Waals surface area contributed by atoms with Gasteiger partial charge in [-0.1, -0.05) is 0 Å². The van der Waals surface area contributed by atoms with Gasteiger partial charge < -0.3 is 14.8 Å². The van der Waals surface area contributed by atoms with Gasteiger partial charge in [0.15, 0.2) is 0 Å². The fourth-order valence-corrected chi connectivity index (χ4v) is 3.19. The molecule has 1 N–H and O–H groups in total. The van der Waals surface area contributed by atoms with Crippen LogP contribution in [0.5, 0.6) is 0 Å². The fourth-order valence-electron chi connectivity index (χ4n) is 3.19. The van der Waals surface area contributed by atoms with E-state index in [1.165, 1.54) is 0 Å². The van der Waals surface area contributed by atoms with Crippen molar-refractivity contribution in [3.63, 3.8) is 0 Å². The Kier molecular flexibility index (Phi) is 3.54. The molecule has 1 atom stereocenters. The van der Waals surface area contributed by atoms with Crippen molar-refractivity contribution < 1.29 is 4.79 Å².